The SMILES string of the molecule is CC(C)(C)OC(=O)N1[C@H](c2ccccc2)[C@H](c2ccccc2)OS1(=O)=O. The monoisotopic (exact) mass is 375 g/mol. The van der Waals surface area contributed by atoms with Crippen molar-refractivity contribution < 1.29 is 22.1 Å². The van der Waals surface area contributed by atoms with Crippen LogP contribution in [-0.4, -0.2) is 24.4 Å². The van der Waals surface area contributed by atoms with Crippen molar-refractivity contribution in [1.82, 2.24) is 4.31 Å². The van der Waals surface area contributed by atoms with Gasteiger partial charge < -0.3 is 4.74 Å². The quantitative estimate of drug-likeness (QED) is 0.794. The van der Waals surface area contributed by atoms with Crippen LogP contribution in [0.2, 0.25) is 0 Å². The number of benzene rings is 2. The molecule has 0 radical (unpaired) electrons. The molecule has 7 heteroatoms. The Morgan fingerprint density at radius 1 is 0.962 bits per heavy atom. The molecule has 2 atom stereocenters. The van der Waals surface area contributed by atoms with E-state index in [0.717, 1.165) is 0 Å². The maximum absolute atomic E-state index is 12.7. The number of rotatable bonds is 2. The summed E-state index contributed by atoms with van der Waals surface area (Å²) in [6.07, 6.45) is -1.80. The number of carbonyl (C=O) groups excluding carboxylic acids is 1. The fraction of sp³-hybridized carbons (Fsp3) is 0.316. The molecule has 0 spiro atoms. The summed E-state index contributed by atoms with van der Waals surface area (Å²) in [6.45, 7) is 5.04. The van der Waals surface area contributed by atoms with Crippen LogP contribution >= 0.6 is 0 Å². The van der Waals surface area contributed by atoms with Crippen molar-refractivity contribution >= 4 is 16.4 Å². The molecule has 0 aromatic heterocycles. The number of hydrogen-bond acceptors (Lipinski definition) is 5. The Bertz CT molecular complexity index is 875. The molecule has 1 fully saturated rings. The van der Waals surface area contributed by atoms with E-state index in [1.807, 2.05) is 12.1 Å². The molecule has 0 N–H and O–H groups in total. The number of amides is 1. The number of nitrogens with zero attached hydrogens (tertiary/aromatic N) is 1. The van der Waals surface area contributed by atoms with Crippen LogP contribution in [0.5, 0.6) is 0 Å². The van der Waals surface area contributed by atoms with Gasteiger partial charge in [0.05, 0.1) is 0 Å². The molecule has 0 unspecified atom stereocenters. The van der Waals surface area contributed by atoms with E-state index in [1.165, 1.54) is 0 Å². The van der Waals surface area contributed by atoms with Crippen LogP contribution in [0.1, 0.15) is 44.0 Å². The second kappa shape index (κ2) is 6.74. The Hall–Kier alpha value is -2.38. The van der Waals surface area contributed by atoms with Gasteiger partial charge in [-0.2, -0.15) is 12.7 Å². The molecule has 2 aromatic carbocycles. The third-order valence-electron chi connectivity index (χ3n) is 3.85. The smallest absolute Gasteiger partial charge is 0.426 e. The Morgan fingerprint density at radius 2 is 1.46 bits per heavy atom. The van der Waals surface area contributed by atoms with E-state index >= 15 is 0 Å². The fourth-order valence-electron chi connectivity index (χ4n) is 2.84. The van der Waals surface area contributed by atoms with Crippen LogP contribution in [0.4, 0.5) is 4.79 Å². The third-order valence-corrected chi connectivity index (χ3v) is 5.16. The van der Waals surface area contributed by atoms with Crippen molar-refractivity contribution in [2.45, 2.75) is 38.5 Å². The molecule has 0 saturated carbocycles. The zero-order chi connectivity index (χ0) is 18.9. The molecule has 1 aliphatic rings. The summed E-state index contributed by atoms with van der Waals surface area (Å²) >= 11 is 0. The predicted octanol–water partition coefficient (Wildman–Crippen LogP) is 3.98. The second-order valence-corrected chi connectivity index (χ2v) is 8.46. The van der Waals surface area contributed by atoms with Crippen molar-refractivity contribution in [2.75, 3.05) is 0 Å². The van der Waals surface area contributed by atoms with E-state index in [1.54, 1.807) is 69.3 Å². The molecule has 1 aliphatic heterocycles. The summed E-state index contributed by atoms with van der Waals surface area (Å²) in [4.78, 5) is 12.7. The molecule has 1 heterocycles. The summed E-state index contributed by atoms with van der Waals surface area (Å²) < 4.78 is 36.7. The van der Waals surface area contributed by atoms with Gasteiger partial charge >= 0.3 is 16.4 Å². The summed E-state index contributed by atoms with van der Waals surface area (Å²) in [6, 6.07) is 17.0. The molecule has 2 aromatic rings. The van der Waals surface area contributed by atoms with Gasteiger partial charge in [-0.25, -0.2) is 8.98 Å². The predicted molar refractivity (Wildman–Crippen MR) is 96.4 cm³/mol. The lowest BCUT2D eigenvalue weighted by Gasteiger charge is -2.27. The Morgan fingerprint density at radius 3 is 1.96 bits per heavy atom. The van der Waals surface area contributed by atoms with E-state index in [2.05, 4.69) is 0 Å². The molecule has 6 nitrogen and oxygen atoms in total. The van der Waals surface area contributed by atoms with Crippen molar-refractivity contribution in [3.63, 3.8) is 0 Å². The summed E-state index contributed by atoms with van der Waals surface area (Å²) in [5, 5.41) is 0. The normalized spacial score (nSPS) is 22.2. The van der Waals surface area contributed by atoms with E-state index in [9.17, 15) is 13.2 Å². The van der Waals surface area contributed by atoms with Crippen LogP contribution in [0, 0.1) is 0 Å². The molecule has 0 aliphatic carbocycles. The zero-order valence-corrected chi connectivity index (χ0v) is 15.6. The maximum atomic E-state index is 12.7. The van der Waals surface area contributed by atoms with Crippen LogP contribution in [-0.2, 0) is 19.2 Å². The molecule has 26 heavy (non-hydrogen) atoms. The van der Waals surface area contributed by atoms with Crippen LogP contribution in [0.3, 0.4) is 0 Å². The van der Waals surface area contributed by atoms with Crippen molar-refractivity contribution in [1.29, 1.82) is 0 Å². The molecule has 3 rings (SSSR count). The first kappa shape index (κ1) is 18.4. The molecule has 0 bridgehead atoms. The zero-order valence-electron chi connectivity index (χ0n) is 14.8. The van der Waals surface area contributed by atoms with E-state index < -0.39 is 34.1 Å². The van der Waals surface area contributed by atoms with Gasteiger partial charge in [-0.05, 0) is 31.9 Å². The van der Waals surface area contributed by atoms with Crippen molar-refractivity contribution in [3.8, 4) is 0 Å². The Kier molecular flexibility index (Phi) is 4.77. The summed E-state index contributed by atoms with van der Waals surface area (Å²) in [5.74, 6) is 0. The van der Waals surface area contributed by atoms with Crippen molar-refractivity contribution in [3.05, 3.63) is 71.8 Å². The van der Waals surface area contributed by atoms with Gasteiger partial charge in [0.25, 0.3) is 0 Å². The molecular formula is C19H21NO5S. The van der Waals surface area contributed by atoms with E-state index in [-0.39, 0.29) is 0 Å². The minimum atomic E-state index is -4.29. The first-order valence-corrected chi connectivity index (χ1v) is 9.61. The van der Waals surface area contributed by atoms with Crippen LogP contribution in [0.25, 0.3) is 0 Å². The van der Waals surface area contributed by atoms with Gasteiger partial charge in [0.1, 0.15) is 17.7 Å². The fourth-order valence-corrected chi connectivity index (χ4v) is 4.15. The van der Waals surface area contributed by atoms with Gasteiger partial charge in [-0.1, -0.05) is 60.7 Å². The average molecular weight is 375 g/mol. The standard InChI is InChI=1S/C19H21NO5S/c1-19(2,3)24-18(21)20-16(14-10-6-4-7-11-14)17(25-26(20,22)23)15-12-8-5-9-13-15/h4-13,16-17H,1-3H3/t16-,17+/m1/s1. The Balaban J connectivity index is 2.10. The van der Waals surface area contributed by atoms with Crippen molar-refractivity contribution in [2.24, 2.45) is 0 Å². The minimum absolute atomic E-state index is 0.647. The highest BCUT2D eigenvalue weighted by molar-refractivity contribution is 7.85. The van der Waals surface area contributed by atoms with Gasteiger partial charge in [-0.3, -0.25) is 0 Å². The number of ether oxygens (including phenoxy) is 1. The molecule has 138 valence electrons. The molecule has 1 saturated heterocycles. The third kappa shape index (κ3) is 3.73. The highest BCUT2D eigenvalue weighted by atomic mass is 32.2. The topological polar surface area (TPSA) is 72.9 Å². The molecular weight excluding hydrogens is 354 g/mol. The largest absolute Gasteiger partial charge is 0.443 e. The van der Waals surface area contributed by atoms with Crippen LogP contribution in [0.15, 0.2) is 60.7 Å². The second-order valence-electron chi connectivity index (χ2n) is 7.02. The van der Waals surface area contributed by atoms with Gasteiger partial charge in [0.15, 0.2) is 0 Å². The summed E-state index contributed by atoms with van der Waals surface area (Å²) in [5.41, 5.74) is 0.475. The average Bonchev–Trinajstić information content (AvgIpc) is 2.86. The highest BCUT2D eigenvalue weighted by Crippen LogP contribution is 2.46. The number of carbonyl (C=O) groups is 1. The number of hydrogen-bond donors (Lipinski definition) is 0. The summed E-state index contributed by atoms with van der Waals surface area (Å²) in [7, 11) is -4.29. The van der Waals surface area contributed by atoms with E-state index in [0.29, 0.717) is 15.4 Å². The van der Waals surface area contributed by atoms with Crippen LogP contribution < -0.4 is 0 Å². The first-order valence-electron chi connectivity index (χ1n) is 8.24. The van der Waals surface area contributed by atoms with Gasteiger partial charge in [0.2, 0.25) is 0 Å². The lowest BCUT2D eigenvalue weighted by molar-refractivity contribution is 0.0333. The minimum Gasteiger partial charge on any atom is -0.443 e. The lowest BCUT2D eigenvalue weighted by Crippen LogP contribution is -2.39. The lowest BCUT2D eigenvalue weighted by atomic mass is 9.96. The Labute approximate surface area is 153 Å². The van der Waals surface area contributed by atoms with E-state index in [4.69, 9.17) is 8.92 Å². The molecule has 1 amide bonds. The first-order chi connectivity index (χ1) is 12.2. The maximum Gasteiger partial charge on any atom is 0.426 e. The highest BCUT2D eigenvalue weighted by Gasteiger charge is 2.52. The van der Waals surface area contributed by atoms with Gasteiger partial charge in [0, 0.05) is 0 Å². The van der Waals surface area contributed by atoms with Gasteiger partial charge in [-0.15, -0.1) is 0 Å².